The zero-order valence-electron chi connectivity index (χ0n) is 10.3. The summed E-state index contributed by atoms with van der Waals surface area (Å²) in [4.78, 5) is 0. The molecule has 0 aromatic heterocycles. The fraction of sp³-hybridized carbons (Fsp3) is 0.538. The first-order chi connectivity index (χ1) is 8.63. The van der Waals surface area contributed by atoms with Crippen LogP contribution in [0.1, 0.15) is 24.8 Å². The number of rotatable bonds is 3. The van der Waals surface area contributed by atoms with Crippen molar-refractivity contribution in [1.29, 1.82) is 0 Å². The summed E-state index contributed by atoms with van der Waals surface area (Å²) >= 11 is 0. The number of halogens is 2. The highest BCUT2D eigenvalue weighted by molar-refractivity contribution is 5.46. The van der Waals surface area contributed by atoms with Crippen molar-refractivity contribution < 1.29 is 18.6 Å². The molecular weight excluding hydrogens is 240 g/mol. The number of ether oxygens (including phenoxy) is 1. The molecule has 1 fully saturated rings. The van der Waals surface area contributed by atoms with E-state index in [0.29, 0.717) is 12.5 Å². The van der Waals surface area contributed by atoms with Crippen molar-refractivity contribution >= 4 is 0 Å². The molecular formula is C13H17F2NO2. The van der Waals surface area contributed by atoms with Crippen molar-refractivity contribution in [3.63, 3.8) is 0 Å². The molecule has 5 heteroatoms. The van der Waals surface area contributed by atoms with Crippen LogP contribution in [0, 0.1) is 11.6 Å². The Balaban J connectivity index is 2.29. The number of hydrogen-bond acceptors (Lipinski definition) is 3. The predicted molar refractivity (Wildman–Crippen MR) is 63.9 cm³/mol. The molecule has 2 N–H and O–H groups in total. The van der Waals surface area contributed by atoms with Gasteiger partial charge in [-0.15, -0.1) is 0 Å². The highest BCUT2D eigenvalue weighted by atomic mass is 19.1. The molecule has 0 amide bonds. The Bertz CT molecular complexity index is 431. The summed E-state index contributed by atoms with van der Waals surface area (Å²) in [5.74, 6) is -2.31. The number of nitrogens with one attached hydrogen (secondary N) is 1. The van der Waals surface area contributed by atoms with Crippen LogP contribution in [0.3, 0.4) is 0 Å². The van der Waals surface area contributed by atoms with E-state index >= 15 is 0 Å². The van der Waals surface area contributed by atoms with Gasteiger partial charge in [-0.2, -0.15) is 0 Å². The van der Waals surface area contributed by atoms with Crippen LogP contribution >= 0.6 is 0 Å². The van der Waals surface area contributed by atoms with Crippen LogP contribution in [0.4, 0.5) is 8.78 Å². The van der Waals surface area contributed by atoms with Gasteiger partial charge in [-0.1, -0.05) is 6.42 Å². The summed E-state index contributed by atoms with van der Waals surface area (Å²) in [6.45, 7) is 0.894. The van der Waals surface area contributed by atoms with E-state index in [9.17, 15) is 13.9 Å². The van der Waals surface area contributed by atoms with E-state index in [1.165, 1.54) is 7.11 Å². The summed E-state index contributed by atoms with van der Waals surface area (Å²) in [5, 5.41) is 13.0. The molecule has 18 heavy (non-hydrogen) atoms. The molecule has 1 saturated heterocycles. The molecule has 0 radical (unpaired) electrons. The lowest BCUT2D eigenvalue weighted by molar-refractivity contribution is 0.347. The molecule has 1 aliphatic rings. The van der Waals surface area contributed by atoms with E-state index in [1.54, 1.807) is 0 Å². The Kier molecular flexibility index (Phi) is 4.01. The van der Waals surface area contributed by atoms with Crippen LogP contribution in [-0.4, -0.2) is 24.8 Å². The van der Waals surface area contributed by atoms with Crippen LogP contribution in [0.5, 0.6) is 11.5 Å². The van der Waals surface area contributed by atoms with Gasteiger partial charge >= 0.3 is 0 Å². The van der Waals surface area contributed by atoms with Gasteiger partial charge < -0.3 is 15.2 Å². The molecule has 1 heterocycles. The second-order valence-corrected chi connectivity index (χ2v) is 4.55. The molecule has 2 rings (SSSR count). The van der Waals surface area contributed by atoms with E-state index in [0.717, 1.165) is 25.8 Å². The number of phenols is 1. The third-order valence-electron chi connectivity index (χ3n) is 3.32. The van der Waals surface area contributed by atoms with Crippen molar-refractivity contribution in [2.24, 2.45) is 0 Å². The Morgan fingerprint density at radius 2 is 2.17 bits per heavy atom. The summed E-state index contributed by atoms with van der Waals surface area (Å²) in [7, 11) is 1.31. The minimum Gasteiger partial charge on any atom is -0.505 e. The molecule has 0 aliphatic carbocycles. The van der Waals surface area contributed by atoms with Crippen LogP contribution in [0.2, 0.25) is 0 Å². The van der Waals surface area contributed by atoms with E-state index in [-0.39, 0.29) is 17.4 Å². The normalized spacial score (nSPS) is 19.8. The van der Waals surface area contributed by atoms with Gasteiger partial charge in [0.2, 0.25) is 0 Å². The summed E-state index contributed by atoms with van der Waals surface area (Å²) in [6.07, 6.45) is 3.49. The highest BCUT2D eigenvalue weighted by Crippen LogP contribution is 2.34. The second-order valence-electron chi connectivity index (χ2n) is 4.55. The van der Waals surface area contributed by atoms with Gasteiger partial charge in [0, 0.05) is 17.7 Å². The largest absolute Gasteiger partial charge is 0.505 e. The molecule has 0 saturated carbocycles. The standard InChI is InChI=1S/C13H17F2NO2/c1-18-13-9(6-8-4-2-3-5-16-8)12(17)10(14)7-11(13)15/h7-8,16-17H,2-6H2,1H3. The fourth-order valence-corrected chi connectivity index (χ4v) is 2.40. The molecule has 1 aromatic carbocycles. The second kappa shape index (κ2) is 5.52. The zero-order valence-corrected chi connectivity index (χ0v) is 10.3. The minimum atomic E-state index is -0.945. The topological polar surface area (TPSA) is 41.5 Å². The molecule has 1 aliphatic heterocycles. The number of aromatic hydroxyl groups is 1. The average molecular weight is 257 g/mol. The van der Waals surface area contributed by atoms with Crippen LogP contribution in [-0.2, 0) is 6.42 Å². The Morgan fingerprint density at radius 3 is 2.78 bits per heavy atom. The van der Waals surface area contributed by atoms with Gasteiger partial charge in [-0.25, -0.2) is 8.78 Å². The van der Waals surface area contributed by atoms with Gasteiger partial charge in [0.15, 0.2) is 23.1 Å². The molecule has 0 bridgehead atoms. The molecule has 0 spiro atoms. The molecule has 3 nitrogen and oxygen atoms in total. The Labute approximate surface area is 105 Å². The average Bonchev–Trinajstić information content (AvgIpc) is 2.37. The predicted octanol–water partition coefficient (Wildman–Crippen LogP) is 2.36. The number of phenolic OH excluding ortho intramolecular Hbond substituents is 1. The SMILES string of the molecule is COc1c(F)cc(F)c(O)c1CC1CCCCN1. The van der Waals surface area contributed by atoms with E-state index < -0.39 is 17.4 Å². The lowest BCUT2D eigenvalue weighted by Crippen LogP contribution is -2.35. The molecule has 1 unspecified atom stereocenters. The van der Waals surface area contributed by atoms with E-state index in [2.05, 4.69) is 5.32 Å². The molecule has 1 aromatic rings. The first-order valence-electron chi connectivity index (χ1n) is 6.10. The summed E-state index contributed by atoms with van der Waals surface area (Å²) < 4.78 is 31.8. The van der Waals surface area contributed by atoms with Gasteiger partial charge in [0.1, 0.15) is 0 Å². The van der Waals surface area contributed by atoms with Gasteiger partial charge in [-0.3, -0.25) is 0 Å². The van der Waals surface area contributed by atoms with Crippen LogP contribution in [0.25, 0.3) is 0 Å². The van der Waals surface area contributed by atoms with Crippen molar-refractivity contribution in [1.82, 2.24) is 5.32 Å². The first-order valence-corrected chi connectivity index (χ1v) is 6.10. The zero-order chi connectivity index (χ0) is 13.1. The fourth-order valence-electron chi connectivity index (χ4n) is 2.40. The first kappa shape index (κ1) is 13.1. The Hall–Kier alpha value is -1.36. The lowest BCUT2D eigenvalue weighted by atomic mass is 9.96. The van der Waals surface area contributed by atoms with Crippen molar-refractivity contribution in [3.8, 4) is 11.5 Å². The van der Waals surface area contributed by atoms with E-state index in [4.69, 9.17) is 4.74 Å². The summed E-state index contributed by atoms with van der Waals surface area (Å²) in [5.41, 5.74) is 0.203. The number of methoxy groups -OCH3 is 1. The van der Waals surface area contributed by atoms with Crippen molar-refractivity contribution in [2.45, 2.75) is 31.7 Å². The van der Waals surface area contributed by atoms with Crippen LogP contribution in [0.15, 0.2) is 6.07 Å². The third-order valence-corrected chi connectivity index (χ3v) is 3.32. The molecule has 100 valence electrons. The van der Waals surface area contributed by atoms with E-state index in [1.807, 2.05) is 0 Å². The molecule has 1 atom stereocenters. The smallest absolute Gasteiger partial charge is 0.168 e. The number of hydrogen-bond donors (Lipinski definition) is 2. The number of piperidine rings is 1. The van der Waals surface area contributed by atoms with Gasteiger partial charge in [-0.05, 0) is 25.8 Å². The van der Waals surface area contributed by atoms with Gasteiger partial charge in [0.25, 0.3) is 0 Å². The summed E-state index contributed by atoms with van der Waals surface area (Å²) in [6, 6.07) is 0.770. The lowest BCUT2D eigenvalue weighted by Gasteiger charge is -2.24. The maximum atomic E-state index is 13.5. The van der Waals surface area contributed by atoms with Crippen LogP contribution < -0.4 is 10.1 Å². The number of benzene rings is 1. The van der Waals surface area contributed by atoms with Crippen molar-refractivity contribution in [3.05, 3.63) is 23.3 Å². The maximum Gasteiger partial charge on any atom is 0.168 e. The quantitative estimate of drug-likeness (QED) is 0.873. The Morgan fingerprint density at radius 1 is 1.39 bits per heavy atom. The highest BCUT2D eigenvalue weighted by Gasteiger charge is 2.23. The monoisotopic (exact) mass is 257 g/mol. The third kappa shape index (κ3) is 2.56. The van der Waals surface area contributed by atoms with Gasteiger partial charge in [0.05, 0.1) is 7.11 Å². The van der Waals surface area contributed by atoms with Crippen molar-refractivity contribution in [2.75, 3.05) is 13.7 Å². The maximum absolute atomic E-state index is 13.5. The minimum absolute atomic E-state index is 0.0683.